The van der Waals surface area contributed by atoms with Crippen LogP contribution in [0.2, 0.25) is 0 Å². The maximum Gasteiger partial charge on any atom is 0.338 e. The average Bonchev–Trinajstić information content (AvgIpc) is 2.23. The van der Waals surface area contributed by atoms with Crippen molar-refractivity contribution < 1.29 is 14.6 Å². The van der Waals surface area contributed by atoms with Crippen LogP contribution in [-0.4, -0.2) is 35.4 Å². The number of morpholine rings is 1. The highest BCUT2D eigenvalue weighted by Gasteiger charge is 2.39. The Balaban J connectivity index is 2.46. The lowest BCUT2D eigenvalue weighted by Crippen LogP contribution is -2.57. The molecule has 0 atom stereocenters. The van der Waals surface area contributed by atoms with Gasteiger partial charge in [-0.25, -0.2) is 4.79 Å². The zero-order valence-electron chi connectivity index (χ0n) is 12.2. The third-order valence-corrected chi connectivity index (χ3v) is 3.90. The molecule has 0 aliphatic carbocycles. The van der Waals surface area contributed by atoms with Crippen molar-refractivity contribution in [1.29, 1.82) is 0 Å². The third kappa shape index (κ3) is 3.15. The van der Waals surface area contributed by atoms with Gasteiger partial charge in [-0.2, -0.15) is 0 Å². The molecule has 0 radical (unpaired) electrons. The maximum atomic E-state index is 11.5. The number of hydrogen-bond donors (Lipinski definition) is 1. The molecule has 0 unspecified atom stereocenters. The van der Waals surface area contributed by atoms with E-state index in [0.29, 0.717) is 23.1 Å². The Bertz CT molecular complexity index is 524. The second-order valence-corrected chi connectivity index (χ2v) is 7.27. The highest BCUT2D eigenvalue weighted by atomic mass is 79.9. The number of benzene rings is 1. The first-order chi connectivity index (χ1) is 9.11. The summed E-state index contributed by atoms with van der Waals surface area (Å²) in [5.74, 6) is -0.922. The van der Waals surface area contributed by atoms with Crippen molar-refractivity contribution in [3.8, 4) is 0 Å². The zero-order chi connectivity index (χ0) is 15.1. The van der Waals surface area contributed by atoms with Crippen LogP contribution in [0, 0.1) is 0 Å². The predicted octanol–water partition coefficient (Wildman–Crippen LogP) is 3.54. The van der Waals surface area contributed by atoms with E-state index in [-0.39, 0.29) is 11.2 Å². The van der Waals surface area contributed by atoms with Crippen molar-refractivity contribution >= 4 is 27.6 Å². The molecule has 1 aliphatic heterocycles. The van der Waals surface area contributed by atoms with E-state index in [2.05, 4.69) is 20.8 Å². The number of ether oxygens (including phenoxy) is 1. The van der Waals surface area contributed by atoms with E-state index in [9.17, 15) is 9.90 Å². The van der Waals surface area contributed by atoms with Crippen LogP contribution in [0.25, 0.3) is 0 Å². The molecule has 0 saturated carbocycles. The number of nitrogens with zero attached hydrogens (tertiary/aromatic N) is 1. The number of carboxylic acid groups (broad SMARTS) is 1. The zero-order valence-corrected chi connectivity index (χ0v) is 13.8. The van der Waals surface area contributed by atoms with E-state index in [4.69, 9.17) is 4.74 Å². The summed E-state index contributed by atoms with van der Waals surface area (Å²) in [5.41, 5.74) is 0.400. The first kappa shape index (κ1) is 15.3. The molecule has 0 bridgehead atoms. The van der Waals surface area contributed by atoms with Crippen molar-refractivity contribution in [3.63, 3.8) is 0 Å². The van der Waals surface area contributed by atoms with Gasteiger partial charge in [-0.3, -0.25) is 0 Å². The first-order valence-corrected chi connectivity index (χ1v) is 7.38. The minimum Gasteiger partial charge on any atom is -0.478 e. The van der Waals surface area contributed by atoms with Gasteiger partial charge in [0.15, 0.2) is 0 Å². The predicted molar refractivity (Wildman–Crippen MR) is 82.6 cm³/mol. The van der Waals surface area contributed by atoms with Gasteiger partial charge in [0.1, 0.15) is 0 Å². The highest BCUT2D eigenvalue weighted by Crippen LogP contribution is 2.35. The second-order valence-electron chi connectivity index (χ2n) is 6.42. The Hall–Kier alpha value is -1.07. The summed E-state index contributed by atoms with van der Waals surface area (Å²) in [4.78, 5) is 13.6. The van der Waals surface area contributed by atoms with Gasteiger partial charge in [0.05, 0.1) is 22.5 Å². The number of anilines is 1. The van der Waals surface area contributed by atoms with Crippen LogP contribution in [0.5, 0.6) is 0 Å². The Morgan fingerprint density at radius 2 is 1.80 bits per heavy atom. The van der Waals surface area contributed by atoms with Crippen molar-refractivity contribution in [3.05, 3.63) is 28.2 Å². The van der Waals surface area contributed by atoms with Gasteiger partial charge in [0.2, 0.25) is 0 Å². The van der Waals surface area contributed by atoms with Crippen molar-refractivity contribution in [2.24, 2.45) is 0 Å². The van der Waals surface area contributed by atoms with E-state index in [1.807, 2.05) is 39.8 Å². The Morgan fingerprint density at radius 3 is 2.30 bits per heavy atom. The second kappa shape index (κ2) is 5.04. The summed E-state index contributed by atoms with van der Waals surface area (Å²) < 4.78 is 6.64. The number of carboxylic acids is 1. The minimum absolute atomic E-state index is 0.306. The lowest BCUT2D eigenvalue weighted by atomic mass is 9.97. The van der Waals surface area contributed by atoms with Crippen LogP contribution < -0.4 is 4.90 Å². The van der Waals surface area contributed by atoms with E-state index < -0.39 is 5.97 Å². The maximum absolute atomic E-state index is 11.5. The third-order valence-electron chi connectivity index (χ3n) is 3.24. The van der Waals surface area contributed by atoms with Crippen LogP contribution in [0.1, 0.15) is 38.1 Å². The minimum atomic E-state index is -0.922. The average molecular weight is 342 g/mol. The topological polar surface area (TPSA) is 49.8 Å². The van der Waals surface area contributed by atoms with Gasteiger partial charge in [0, 0.05) is 17.6 Å². The normalized spacial score (nSPS) is 20.8. The number of rotatable bonds is 2. The van der Waals surface area contributed by atoms with Crippen molar-refractivity contribution in [2.45, 2.75) is 38.9 Å². The fraction of sp³-hybridized carbons (Fsp3) is 0.533. The van der Waals surface area contributed by atoms with Crippen LogP contribution in [0.15, 0.2) is 22.7 Å². The Morgan fingerprint density at radius 1 is 1.25 bits per heavy atom. The Kier molecular flexibility index (Phi) is 3.86. The number of aromatic carboxylic acids is 1. The summed E-state index contributed by atoms with van der Waals surface area (Å²) in [6.07, 6.45) is 0. The van der Waals surface area contributed by atoms with Crippen LogP contribution >= 0.6 is 15.9 Å². The molecule has 4 nitrogen and oxygen atoms in total. The summed E-state index contributed by atoms with van der Waals surface area (Å²) in [6, 6.07) is 5.47. The van der Waals surface area contributed by atoms with Gasteiger partial charge in [-0.05, 0) is 55.8 Å². The van der Waals surface area contributed by atoms with Gasteiger partial charge >= 0.3 is 5.97 Å². The molecule has 1 saturated heterocycles. The molecule has 1 aromatic carbocycles. The quantitative estimate of drug-likeness (QED) is 0.893. The SMILES string of the molecule is CC1(C)CN(c2cccc(Br)c2C(=O)O)CC(C)(C)O1. The molecule has 2 rings (SSSR count). The fourth-order valence-electron chi connectivity index (χ4n) is 2.95. The first-order valence-electron chi connectivity index (χ1n) is 6.58. The van der Waals surface area contributed by atoms with Crippen LogP contribution in [-0.2, 0) is 4.74 Å². The smallest absolute Gasteiger partial charge is 0.338 e. The van der Waals surface area contributed by atoms with E-state index >= 15 is 0 Å². The monoisotopic (exact) mass is 341 g/mol. The summed E-state index contributed by atoms with van der Waals surface area (Å²) in [5, 5.41) is 9.45. The fourth-order valence-corrected chi connectivity index (χ4v) is 3.47. The van der Waals surface area contributed by atoms with Gasteiger partial charge in [0.25, 0.3) is 0 Å². The van der Waals surface area contributed by atoms with Crippen molar-refractivity contribution in [1.82, 2.24) is 0 Å². The molecule has 1 aromatic rings. The highest BCUT2D eigenvalue weighted by molar-refractivity contribution is 9.10. The number of halogens is 1. The van der Waals surface area contributed by atoms with E-state index in [1.165, 1.54) is 0 Å². The molecule has 1 aliphatic rings. The summed E-state index contributed by atoms with van der Waals surface area (Å²) >= 11 is 3.33. The molecule has 110 valence electrons. The van der Waals surface area contributed by atoms with Gasteiger partial charge < -0.3 is 14.7 Å². The number of carbonyl (C=O) groups is 1. The lowest BCUT2D eigenvalue weighted by molar-refractivity contribution is -0.133. The van der Waals surface area contributed by atoms with Gasteiger partial charge in [-0.1, -0.05) is 6.07 Å². The summed E-state index contributed by atoms with van der Waals surface area (Å²) in [7, 11) is 0. The van der Waals surface area contributed by atoms with E-state index in [0.717, 1.165) is 5.69 Å². The number of hydrogen-bond acceptors (Lipinski definition) is 3. The van der Waals surface area contributed by atoms with Crippen LogP contribution in [0.4, 0.5) is 5.69 Å². The lowest BCUT2D eigenvalue weighted by Gasteiger charge is -2.48. The van der Waals surface area contributed by atoms with Crippen LogP contribution in [0.3, 0.4) is 0 Å². The molecule has 0 aromatic heterocycles. The largest absolute Gasteiger partial charge is 0.478 e. The molecule has 5 heteroatoms. The summed E-state index contributed by atoms with van der Waals surface area (Å²) in [6.45, 7) is 9.43. The molecular weight excluding hydrogens is 322 g/mol. The standard InChI is InChI=1S/C15H20BrNO3/c1-14(2)8-17(9-15(3,4)20-14)11-7-5-6-10(16)12(11)13(18)19/h5-7H,8-9H2,1-4H3,(H,18,19). The molecule has 1 N–H and O–H groups in total. The molecule has 0 spiro atoms. The molecule has 1 heterocycles. The Labute approximate surface area is 127 Å². The molecule has 1 fully saturated rings. The van der Waals surface area contributed by atoms with Gasteiger partial charge in [-0.15, -0.1) is 0 Å². The van der Waals surface area contributed by atoms with Crippen molar-refractivity contribution in [2.75, 3.05) is 18.0 Å². The van der Waals surface area contributed by atoms with E-state index in [1.54, 1.807) is 6.07 Å². The molecule has 20 heavy (non-hydrogen) atoms. The molecular formula is C15H20BrNO3. The molecule has 0 amide bonds.